The summed E-state index contributed by atoms with van der Waals surface area (Å²) in [7, 11) is 1.60. The molecular formula is C20H28N4O3. The molecule has 146 valence electrons. The summed E-state index contributed by atoms with van der Waals surface area (Å²) in [6.07, 6.45) is 1.58. The molecule has 27 heavy (non-hydrogen) atoms. The number of hydrogen-bond donors (Lipinski definition) is 1. The van der Waals surface area contributed by atoms with Gasteiger partial charge in [-0.25, -0.2) is 0 Å². The molecule has 3 rings (SSSR count). The molecule has 1 aliphatic rings. The van der Waals surface area contributed by atoms with Crippen LogP contribution in [0.4, 0.5) is 0 Å². The fourth-order valence-corrected chi connectivity index (χ4v) is 3.27. The highest BCUT2D eigenvalue weighted by atomic mass is 16.5. The molecule has 0 saturated carbocycles. The van der Waals surface area contributed by atoms with Gasteiger partial charge in [-0.15, -0.1) is 0 Å². The molecule has 1 fully saturated rings. The highest BCUT2D eigenvalue weighted by Gasteiger charge is 2.28. The summed E-state index contributed by atoms with van der Waals surface area (Å²) >= 11 is 0. The number of amides is 1. The first-order valence-electron chi connectivity index (χ1n) is 9.56. The van der Waals surface area contributed by atoms with E-state index in [-0.39, 0.29) is 18.1 Å². The average molecular weight is 372 g/mol. The maximum Gasteiger partial charge on any atom is 0.227 e. The third kappa shape index (κ3) is 4.73. The third-order valence-electron chi connectivity index (χ3n) is 5.09. The summed E-state index contributed by atoms with van der Waals surface area (Å²) in [4.78, 5) is 19.1. The minimum atomic E-state index is -0.221. The molecule has 1 aromatic heterocycles. The van der Waals surface area contributed by atoms with E-state index in [1.807, 2.05) is 11.8 Å². The molecule has 1 aliphatic heterocycles. The van der Waals surface area contributed by atoms with E-state index in [1.54, 1.807) is 7.11 Å². The predicted octanol–water partition coefficient (Wildman–Crippen LogP) is 2.45. The first kappa shape index (κ1) is 19.5. The van der Waals surface area contributed by atoms with Gasteiger partial charge in [-0.1, -0.05) is 36.3 Å². The maximum atomic E-state index is 12.9. The monoisotopic (exact) mass is 372 g/mol. The Bertz CT molecular complexity index is 744. The van der Waals surface area contributed by atoms with Crippen molar-refractivity contribution < 1.29 is 14.1 Å². The second kappa shape index (κ2) is 9.10. The van der Waals surface area contributed by atoms with E-state index in [0.717, 1.165) is 19.5 Å². The fourth-order valence-electron chi connectivity index (χ4n) is 3.27. The van der Waals surface area contributed by atoms with E-state index >= 15 is 0 Å². The van der Waals surface area contributed by atoms with Crippen LogP contribution in [0.1, 0.15) is 55.3 Å². The molecule has 0 spiro atoms. The molecule has 2 aromatic rings. The quantitative estimate of drug-likeness (QED) is 0.804. The Labute approximate surface area is 160 Å². The van der Waals surface area contributed by atoms with Crippen LogP contribution in [-0.4, -0.2) is 47.7 Å². The maximum absolute atomic E-state index is 12.9. The Hall–Kier alpha value is -2.25. The molecule has 1 saturated heterocycles. The van der Waals surface area contributed by atoms with Gasteiger partial charge in [0, 0.05) is 39.6 Å². The number of aryl methyl sites for hydroxylation is 2. The van der Waals surface area contributed by atoms with Gasteiger partial charge >= 0.3 is 0 Å². The molecule has 1 N–H and O–H groups in total. The number of piperazine rings is 1. The highest BCUT2D eigenvalue weighted by molar-refractivity contribution is 5.77. The van der Waals surface area contributed by atoms with Gasteiger partial charge in [0.15, 0.2) is 5.82 Å². The van der Waals surface area contributed by atoms with Crippen LogP contribution in [0, 0.1) is 0 Å². The van der Waals surface area contributed by atoms with Gasteiger partial charge in [0.1, 0.15) is 6.10 Å². The zero-order valence-corrected chi connectivity index (χ0v) is 16.3. The van der Waals surface area contributed by atoms with Crippen molar-refractivity contribution in [2.75, 3.05) is 26.7 Å². The van der Waals surface area contributed by atoms with Crippen molar-refractivity contribution in [3.05, 3.63) is 47.1 Å². The molecule has 0 aliphatic carbocycles. The van der Waals surface area contributed by atoms with Crippen LogP contribution in [0.2, 0.25) is 0 Å². The summed E-state index contributed by atoms with van der Waals surface area (Å²) in [5, 5.41) is 7.30. The standard InChI is InChI=1S/C20H28N4O3/c1-4-15-5-7-16(8-6-15)17-13-21-11-12-24(17)19(25)10-9-18-22-20(23-27-18)14(2)26-3/h5-8,14,17,21H,4,9-13H2,1-3H3. The van der Waals surface area contributed by atoms with E-state index in [1.165, 1.54) is 11.1 Å². The number of aromatic nitrogens is 2. The Morgan fingerprint density at radius 2 is 2.19 bits per heavy atom. The van der Waals surface area contributed by atoms with E-state index in [2.05, 4.69) is 46.6 Å². The van der Waals surface area contributed by atoms with Crippen LogP contribution in [-0.2, 0) is 22.4 Å². The number of hydrogen-bond acceptors (Lipinski definition) is 6. The van der Waals surface area contributed by atoms with Crippen LogP contribution in [0.15, 0.2) is 28.8 Å². The molecule has 7 heteroatoms. The summed E-state index contributed by atoms with van der Waals surface area (Å²) in [5.74, 6) is 1.10. The van der Waals surface area contributed by atoms with Crippen LogP contribution < -0.4 is 5.32 Å². The summed E-state index contributed by atoms with van der Waals surface area (Å²) in [5.41, 5.74) is 2.47. The van der Waals surface area contributed by atoms with Gasteiger partial charge in [0.05, 0.1) is 6.04 Å². The number of benzene rings is 1. The molecule has 2 heterocycles. The van der Waals surface area contributed by atoms with E-state index < -0.39 is 0 Å². The molecule has 7 nitrogen and oxygen atoms in total. The summed E-state index contributed by atoms with van der Waals surface area (Å²) in [6, 6.07) is 8.61. The Balaban J connectivity index is 1.63. The Morgan fingerprint density at radius 1 is 1.41 bits per heavy atom. The normalized spacial score (nSPS) is 18.5. The number of carbonyl (C=O) groups excluding carboxylic acids is 1. The van der Waals surface area contributed by atoms with E-state index in [9.17, 15) is 4.79 Å². The molecular weight excluding hydrogens is 344 g/mol. The van der Waals surface area contributed by atoms with Crippen molar-refractivity contribution in [2.45, 2.75) is 45.3 Å². The van der Waals surface area contributed by atoms with Crippen molar-refractivity contribution in [3.63, 3.8) is 0 Å². The molecule has 0 bridgehead atoms. The highest BCUT2D eigenvalue weighted by Crippen LogP contribution is 2.24. The van der Waals surface area contributed by atoms with Crippen molar-refractivity contribution in [3.8, 4) is 0 Å². The molecule has 0 radical (unpaired) electrons. The van der Waals surface area contributed by atoms with Crippen molar-refractivity contribution >= 4 is 5.91 Å². The van der Waals surface area contributed by atoms with Gasteiger partial charge in [0.2, 0.25) is 11.8 Å². The van der Waals surface area contributed by atoms with Gasteiger partial charge in [-0.2, -0.15) is 4.98 Å². The number of rotatable bonds is 7. The van der Waals surface area contributed by atoms with Crippen LogP contribution in [0.5, 0.6) is 0 Å². The topological polar surface area (TPSA) is 80.5 Å². The lowest BCUT2D eigenvalue weighted by Gasteiger charge is -2.36. The average Bonchev–Trinajstić information content (AvgIpc) is 3.20. The van der Waals surface area contributed by atoms with Crippen LogP contribution >= 0.6 is 0 Å². The van der Waals surface area contributed by atoms with Gasteiger partial charge < -0.3 is 19.5 Å². The lowest BCUT2D eigenvalue weighted by Crippen LogP contribution is -2.48. The molecule has 1 aromatic carbocycles. The van der Waals surface area contributed by atoms with Gasteiger partial charge in [0.25, 0.3) is 0 Å². The van der Waals surface area contributed by atoms with Gasteiger partial charge in [-0.3, -0.25) is 4.79 Å². The zero-order chi connectivity index (χ0) is 19.2. The second-order valence-corrected chi connectivity index (χ2v) is 6.83. The molecule has 1 amide bonds. The van der Waals surface area contributed by atoms with E-state index in [4.69, 9.17) is 9.26 Å². The van der Waals surface area contributed by atoms with Crippen molar-refractivity contribution in [1.29, 1.82) is 0 Å². The number of nitrogens with zero attached hydrogens (tertiary/aromatic N) is 3. The minimum Gasteiger partial charge on any atom is -0.374 e. The Morgan fingerprint density at radius 3 is 2.89 bits per heavy atom. The van der Waals surface area contributed by atoms with Crippen LogP contribution in [0.25, 0.3) is 0 Å². The predicted molar refractivity (Wildman–Crippen MR) is 101 cm³/mol. The minimum absolute atomic E-state index is 0.0592. The lowest BCUT2D eigenvalue weighted by molar-refractivity contribution is -0.134. The largest absolute Gasteiger partial charge is 0.374 e. The summed E-state index contributed by atoms with van der Waals surface area (Å²) < 4.78 is 10.4. The number of ether oxygens (including phenoxy) is 1. The van der Waals surface area contributed by atoms with Gasteiger partial charge in [-0.05, 0) is 24.5 Å². The zero-order valence-electron chi connectivity index (χ0n) is 16.3. The third-order valence-corrected chi connectivity index (χ3v) is 5.09. The Kier molecular flexibility index (Phi) is 6.58. The van der Waals surface area contributed by atoms with E-state index in [0.29, 0.717) is 31.1 Å². The first-order valence-corrected chi connectivity index (χ1v) is 9.56. The number of nitrogens with one attached hydrogen (secondary N) is 1. The lowest BCUT2D eigenvalue weighted by atomic mass is 10.0. The van der Waals surface area contributed by atoms with Crippen molar-refractivity contribution in [1.82, 2.24) is 20.4 Å². The molecule has 2 atom stereocenters. The van der Waals surface area contributed by atoms with Crippen LogP contribution in [0.3, 0.4) is 0 Å². The van der Waals surface area contributed by atoms with Crippen molar-refractivity contribution in [2.24, 2.45) is 0 Å². The second-order valence-electron chi connectivity index (χ2n) is 6.83. The SMILES string of the molecule is CCc1ccc(C2CNCCN2C(=O)CCc2nc(C(C)OC)no2)cc1. The molecule has 2 unspecified atom stereocenters. The number of methoxy groups -OCH3 is 1. The smallest absolute Gasteiger partial charge is 0.227 e. The fraction of sp³-hybridized carbons (Fsp3) is 0.550. The first-order chi connectivity index (χ1) is 13.1. The summed E-state index contributed by atoms with van der Waals surface area (Å²) in [6.45, 7) is 6.28. The number of carbonyl (C=O) groups is 1.